The fraction of sp³-hybridized carbons (Fsp3) is 0.152. The van der Waals surface area contributed by atoms with E-state index in [1.54, 1.807) is 0 Å². The number of aliphatic hydroxyl groups is 1. The van der Waals surface area contributed by atoms with E-state index < -0.39 is 6.10 Å². The Labute approximate surface area is 203 Å². The van der Waals surface area contributed by atoms with Gasteiger partial charge in [0.2, 0.25) is 0 Å². The lowest BCUT2D eigenvalue weighted by molar-refractivity contribution is 0.221. The van der Waals surface area contributed by atoms with Gasteiger partial charge in [0.25, 0.3) is 0 Å². The molecule has 0 aliphatic heterocycles. The largest absolute Gasteiger partial charge is 0.384 e. The normalized spacial score (nSPS) is 19.6. The second kappa shape index (κ2) is 6.62. The maximum atomic E-state index is 11.8. The molecule has 2 heteroatoms. The minimum absolute atomic E-state index is 0.284. The van der Waals surface area contributed by atoms with Gasteiger partial charge in [-0.2, -0.15) is 0 Å². The highest BCUT2D eigenvalue weighted by molar-refractivity contribution is 6.16. The number of aromatic amines is 1. The molecule has 35 heavy (non-hydrogen) atoms. The Morgan fingerprint density at radius 1 is 1.06 bits per heavy atom. The van der Waals surface area contributed by atoms with Crippen molar-refractivity contribution in [1.82, 2.24) is 4.98 Å². The molecule has 4 aromatic rings. The molecule has 1 aromatic heterocycles. The van der Waals surface area contributed by atoms with Gasteiger partial charge in [0, 0.05) is 23.4 Å². The molecule has 4 aliphatic carbocycles. The molecule has 2 N–H and O–H groups in total. The van der Waals surface area contributed by atoms with E-state index in [0.717, 1.165) is 28.8 Å². The lowest BCUT2D eigenvalue weighted by Crippen LogP contribution is -2.37. The zero-order valence-electron chi connectivity index (χ0n) is 19.8. The molecule has 8 rings (SSSR count). The van der Waals surface area contributed by atoms with E-state index in [4.69, 9.17) is 0 Å². The predicted octanol–water partition coefficient (Wildman–Crippen LogP) is 6.07. The number of nitrogens with one attached hydrogen (secondary N) is 1. The van der Waals surface area contributed by atoms with Crippen LogP contribution in [0.25, 0.3) is 45.3 Å². The SMILES string of the molecule is C/C=C\c1[nH]cc(C(O)c2cc3ccc4c5c3c3c6c(ccc23)C=CC2=CC=C(CC=4)C=5C26)c1C. The Hall–Kier alpha value is -3.88. The first-order valence-corrected chi connectivity index (χ1v) is 12.5. The Bertz CT molecular complexity index is 1900. The predicted molar refractivity (Wildman–Crippen MR) is 145 cm³/mol. The van der Waals surface area contributed by atoms with Gasteiger partial charge in [0.1, 0.15) is 6.10 Å². The van der Waals surface area contributed by atoms with Crippen molar-refractivity contribution < 1.29 is 5.11 Å². The lowest BCUT2D eigenvalue weighted by Gasteiger charge is -2.37. The van der Waals surface area contributed by atoms with Crippen LogP contribution in [0.1, 0.15) is 58.9 Å². The van der Waals surface area contributed by atoms with Crippen LogP contribution in [0.4, 0.5) is 0 Å². The van der Waals surface area contributed by atoms with Gasteiger partial charge in [0.05, 0.1) is 0 Å². The molecule has 0 saturated carbocycles. The molecule has 2 nitrogen and oxygen atoms in total. The van der Waals surface area contributed by atoms with Crippen molar-refractivity contribution in [2.24, 2.45) is 0 Å². The summed E-state index contributed by atoms with van der Waals surface area (Å²) in [5.74, 6) is 0.284. The molecule has 0 spiro atoms. The van der Waals surface area contributed by atoms with Crippen molar-refractivity contribution in [3.63, 3.8) is 0 Å². The summed E-state index contributed by atoms with van der Waals surface area (Å²) in [6.07, 6.45) is 18.0. The van der Waals surface area contributed by atoms with Gasteiger partial charge in [0.15, 0.2) is 0 Å². The van der Waals surface area contributed by atoms with Crippen molar-refractivity contribution in [3.05, 3.63) is 116 Å². The topological polar surface area (TPSA) is 36.0 Å². The molecule has 0 fully saturated rings. The van der Waals surface area contributed by atoms with E-state index in [1.807, 2.05) is 19.2 Å². The summed E-state index contributed by atoms with van der Waals surface area (Å²) >= 11 is 0. The molecule has 0 bridgehead atoms. The monoisotopic (exact) mass is 451 g/mol. The minimum atomic E-state index is -0.698. The highest BCUT2D eigenvalue weighted by Gasteiger charge is 2.36. The van der Waals surface area contributed by atoms with Crippen LogP contribution in [0, 0.1) is 6.92 Å². The minimum Gasteiger partial charge on any atom is -0.384 e. The van der Waals surface area contributed by atoms with Crippen molar-refractivity contribution in [2.45, 2.75) is 32.3 Å². The first kappa shape index (κ1) is 19.4. The standard InChI is InChI=1S/C33H25NO/c1-3-4-26-17(2)25(16-34-26)33(35)24-15-22-12-11-20-8-6-18-5-7-19-9-10-21-13-14-23(24)32-30(21)28(19)27(18)29(20)31(22)32/h3-5,7-16,28,33-35H,6H2,1-2H3/b4-3-. The molecule has 1 heterocycles. The molecule has 0 radical (unpaired) electrons. The molecule has 2 atom stereocenters. The molecule has 0 amide bonds. The van der Waals surface area contributed by atoms with Gasteiger partial charge < -0.3 is 10.1 Å². The number of allylic oxidation sites excluding steroid dienone is 6. The van der Waals surface area contributed by atoms with Crippen LogP contribution in [0.2, 0.25) is 0 Å². The maximum Gasteiger partial charge on any atom is 0.106 e. The number of hydrogen-bond acceptors (Lipinski definition) is 1. The van der Waals surface area contributed by atoms with E-state index in [-0.39, 0.29) is 5.92 Å². The van der Waals surface area contributed by atoms with Crippen molar-refractivity contribution >= 4 is 45.3 Å². The van der Waals surface area contributed by atoms with Crippen LogP contribution < -0.4 is 10.4 Å². The third-order valence-corrected chi connectivity index (χ3v) is 8.56. The Morgan fingerprint density at radius 2 is 1.97 bits per heavy atom. The number of H-pyrrole nitrogens is 1. The molecular weight excluding hydrogens is 426 g/mol. The summed E-state index contributed by atoms with van der Waals surface area (Å²) in [5.41, 5.74) is 11.1. The number of aromatic nitrogens is 1. The Kier molecular flexibility index (Phi) is 3.67. The van der Waals surface area contributed by atoms with Gasteiger partial charge in [-0.3, -0.25) is 0 Å². The number of rotatable bonds is 3. The third kappa shape index (κ3) is 2.33. The average Bonchev–Trinajstić information content (AvgIpc) is 3.26. The second-order valence-electron chi connectivity index (χ2n) is 10.2. The molecule has 4 aliphatic rings. The molecule has 168 valence electrons. The zero-order chi connectivity index (χ0) is 23.4. The second-order valence-corrected chi connectivity index (χ2v) is 10.2. The lowest BCUT2D eigenvalue weighted by atomic mass is 9.66. The van der Waals surface area contributed by atoms with Gasteiger partial charge in [-0.1, -0.05) is 60.7 Å². The highest BCUT2D eigenvalue weighted by Crippen LogP contribution is 2.52. The summed E-state index contributed by atoms with van der Waals surface area (Å²) in [4.78, 5) is 3.35. The highest BCUT2D eigenvalue weighted by atomic mass is 16.3. The molecular formula is C33H25NO. The van der Waals surface area contributed by atoms with Crippen LogP contribution >= 0.6 is 0 Å². The Morgan fingerprint density at radius 3 is 2.86 bits per heavy atom. The van der Waals surface area contributed by atoms with Crippen LogP contribution in [-0.2, 0) is 0 Å². The summed E-state index contributed by atoms with van der Waals surface area (Å²) in [5, 5.41) is 19.6. The third-order valence-electron chi connectivity index (χ3n) is 8.56. The first-order valence-electron chi connectivity index (χ1n) is 12.5. The fourth-order valence-electron chi connectivity index (χ4n) is 6.96. The van der Waals surface area contributed by atoms with Crippen molar-refractivity contribution in [3.8, 4) is 0 Å². The van der Waals surface area contributed by atoms with E-state index in [0.29, 0.717) is 0 Å². The van der Waals surface area contributed by atoms with E-state index >= 15 is 0 Å². The van der Waals surface area contributed by atoms with Gasteiger partial charge in [-0.25, -0.2) is 0 Å². The fourth-order valence-corrected chi connectivity index (χ4v) is 6.96. The van der Waals surface area contributed by atoms with Gasteiger partial charge in [-0.05, 0) is 103 Å². The zero-order valence-corrected chi connectivity index (χ0v) is 19.8. The van der Waals surface area contributed by atoms with Crippen molar-refractivity contribution in [1.29, 1.82) is 0 Å². The summed E-state index contributed by atoms with van der Waals surface area (Å²) < 4.78 is 0. The van der Waals surface area contributed by atoms with Crippen LogP contribution in [-0.4, -0.2) is 10.1 Å². The summed E-state index contributed by atoms with van der Waals surface area (Å²) in [6, 6.07) is 11.2. The quantitative estimate of drug-likeness (QED) is 0.365. The molecule has 2 unspecified atom stereocenters. The van der Waals surface area contributed by atoms with E-state index in [9.17, 15) is 5.11 Å². The number of aliphatic hydroxyl groups excluding tert-OH is 1. The van der Waals surface area contributed by atoms with Gasteiger partial charge >= 0.3 is 0 Å². The smallest absolute Gasteiger partial charge is 0.106 e. The molecule has 0 saturated heterocycles. The van der Waals surface area contributed by atoms with Gasteiger partial charge in [-0.15, -0.1) is 0 Å². The van der Waals surface area contributed by atoms with Crippen LogP contribution in [0.15, 0.2) is 72.0 Å². The summed E-state index contributed by atoms with van der Waals surface area (Å²) in [6.45, 7) is 4.10. The first-order chi connectivity index (χ1) is 17.2. The number of benzene rings is 3. The van der Waals surface area contributed by atoms with Crippen molar-refractivity contribution in [2.75, 3.05) is 0 Å². The van der Waals surface area contributed by atoms with E-state index in [1.165, 1.54) is 59.8 Å². The Balaban J connectivity index is 1.53. The number of hydrogen-bond donors (Lipinski definition) is 2. The maximum absolute atomic E-state index is 11.8. The summed E-state index contributed by atoms with van der Waals surface area (Å²) in [7, 11) is 0. The molecule has 3 aromatic carbocycles. The van der Waals surface area contributed by atoms with Crippen LogP contribution in [0.5, 0.6) is 0 Å². The van der Waals surface area contributed by atoms with Crippen LogP contribution in [0.3, 0.4) is 0 Å². The van der Waals surface area contributed by atoms with E-state index in [2.05, 4.69) is 78.7 Å². The average molecular weight is 452 g/mol.